The maximum absolute atomic E-state index is 3.77. The highest BCUT2D eigenvalue weighted by Gasteiger charge is 2.24. The summed E-state index contributed by atoms with van der Waals surface area (Å²) in [7, 11) is 2.22. The summed E-state index contributed by atoms with van der Waals surface area (Å²) in [5.41, 5.74) is 0. The molecule has 1 N–H and O–H groups in total. The van der Waals surface area contributed by atoms with Crippen LogP contribution in [0.2, 0.25) is 0 Å². The van der Waals surface area contributed by atoms with Crippen LogP contribution in [0.4, 0.5) is 0 Å². The van der Waals surface area contributed by atoms with Crippen molar-refractivity contribution in [1.29, 1.82) is 0 Å². The maximum Gasteiger partial charge on any atom is 0.0209 e. The third-order valence-electron chi connectivity index (χ3n) is 3.82. The van der Waals surface area contributed by atoms with E-state index in [4.69, 9.17) is 0 Å². The fraction of sp³-hybridized carbons (Fsp3) is 1.00. The van der Waals surface area contributed by atoms with Crippen molar-refractivity contribution < 1.29 is 0 Å². The Kier molecular flexibility index (Phi) is 3.45. The Labute approximate surface area is 88.1 Å². The first kappa shape index (κ1) is 10.4. The van der Waals surface area contributed by atoms with Crippen molar-refractivity contribution in [2.75, 3.05) is 20.1 Å². The molecule has 2 aliphatic rings. The standard InChI is InChI=1S/C12H24N2/c1-10(8-11-4-3-5-11)13-12-6-7-14(2)9-12/h10-13H,3-9H2,1-2H3. The summed E-state index contributed by atoms with van der Waals surface area (Å²) in [5, 5.41) is 3.77. The molecule has 1 heterocycles. The van der Waals surface area contributed by atoms with E-state index in [2.05, 4.69) is 24.2 Å². The first-order valence-electron chi connectivity index (χ1n) is 6.18. The molecule has 2 heteroatoms. The third kappa shape index (κ3) is 2.71. The van der Waals surface area contributed by atoms with Gasteiger partial charge in [-0.15, -0.1) is 0 Å². The van der Waals surface area contributed by atoms with Gasteiger partial charge < -0.3 is 10.2 Å². The van der Waals surface area contributed by atoms with E-state index in [1.54, 1.807) is 0 Å². The van der Waals surface area contributed by atoms with Crippen LogP contribution in [0, 0.1) is 5.92 Å². The van der Waals surface area contributed by atoms with E-state index in [1.807, 2.05) is 0 Å². The van der Waals surface area contributed by atoms with E-state index in [0.717, 1.165) is 18.0 Å². The highest BCUT2D eigenvalue weighted by Crippen LogP contribution is 2.30. The molecule has 0 aromatic carbocycles. The van der Waals surface area contributed by atoms with Crippen LogP contribution in [0.5, 0.6) is 0 Å². The van der Waals surface area contributed by atoms with E-state index < -0.39 is 0 Å². The van der Waals surface area contributed by atoms with Gasteiger partial charge in [-0.1, -0.05) is 19.3 Å². The zero-order valence-electron chi connectivity index (χ0n) is 9.63. The molecule has 0 spiro atoms. The van der Waals surface area contributed by atoms with Crippen molar-refractivity contribution in [2.24, 2.45) is 5.92 Å². The minimum Gasteiger partial charge on any atom is -0.310 e. The molecule has 2 nitrogen and oxygen atoms in total. The zero-order chi connectivity index (χ0) is 9.97. The molecule has 14 heavy (non-hydrogen) atoms. The predicted octanol–water partition coefficient (Wildman–Crippen LogP) is 1.86. The molecule has 1 saturated carbocycles. The second-order valence-electron chi connectivity index (χ2n) is 5.35. The highest BCUT2D eigenvalue weighted by atomic mass is 15.2. The van der Waals surface area contributed by atoms with Gasteiger partial charge >= 0.3 is 0 Å². The summed E-state index contributed by atoms with van der Waals surface area (Å²) >= 11 is 0. The summed E-state index contributed by atoms with van der Waals surface area (Å²) in [4.78, 5) is 2.42. The van der Waals surface area contributed by atoms with Crippen LogP contribution in [-0.2, 0) is 0 Å². The van der Waals surface area contributed by atoms with Gasteiger partial charge in [-0.2, -0.15) is 0 Å². The van der Waals surface area contributed by atoms with Gasteiger partial charge in [0, 0.05) is 18.6 Å². The molecule has 0 bridgehead atoms. The van der Waals surface area contributed by atoms with E-state index >= 15 is 0 Å². The second kappa shape index (κ2) is 4.63. The molecule has 0 amide bonds. The van der Waals surface area contributed by atoms with Gasteiger partial charge in [0.25, 0.3) is 0 Å². The van der Waals surface area contributed by atoms with E-state index in [9.17, 15) is 0 Å². The van der Waals surface area contributed by atoms with Gasteiger partial charge in [0.15, 0.2) is 0 Å². The van der Waals surface area contributed by atoms with Crippen LogP contribution in [0.1, 0.15) is 39.0 Å². The average Bonchev–Trinajstić information content (AvgIpc) is 2.44. The Bertz CT molecular complexity index is 177. The Morgan fingerprint density at radius 1 is 1.36 bits per heavy atom. The van der Waals surface area contributed by atoms with Gasteiger partial charge in [-0.05, 0) is 39.3 Å². The predicted molar refractivity (Wildman–Crippen MR) is 60.5 cm³/mol. The van der Waals surface area contributed by atoms with E-state index in [1.165, 1.54) is 45.2 Å². The van der Waals surface area contributed by atoms with Crippen LogP contribution < -0.4 is 5.32 Å². The highest BCUT2D eigenvalue weighted by molar-refractivity contribution is 4.83. The number of likely N-dealkylation sites (N-methyl/N-ethyl adjacent to an activating group) is 1. The molecule has 0 aromatic heterocycles. The monoisotopic (exact) mass is 196 g/mol. The lowest BCUT2D eigenvalue weighted by atomic mass is 9.81. The summed E-state index contributed by atoms with van der Waals surface area (Å²) in [6.07, 6.45) is 7.18. The number of rotatable bonds is 4. The van der Waals surface area contributed by atoms with Gasteiger partial charge in [0.05, 0.1) is 0 Å². The molecular formula is C12H24N2. The smallest absolute Gasteiger partial charge is 0.0209 e. The number of nitrogens with one attached hydrogen (secondary N) is 1. The molecule has 0 aromatic rings. The Hall–Kier alpha value is -0.0800. The fourth-order valence-electron chi connectivity index (χ4n) is 2.77. The molecular weight excluding hydrogens is 172 g/mol. The molecule has 82 valence electrons. The first-order chi connectivity index (χ1) is 6.74. The molecule has 2 fully saturated rings. The van der Waals surface area contributed by atoms with Gasteiger partial charge in [-0.3, -0.25) is 0 Å². The van der Waals surface area contributed by atoms with Gasteiger partial charge in [0.2, 0.25) is 0 Å². The molecule has 2 unspecified atom stereocenters. The first-order valence-corrected chi connectivity index (χ1v) is 6.18. The lowest BCUT2D eigenvalue weighted by Crippen LogP contribution is -2.39. The van der Waals surface area contributed by atoms with Crippen LogP contribution >= 0.6 is 0 Å². The summed E-state index contributed by atoms with van der Waals surface area (Å²) < 4.78 is 0. The Morgan fingerprint density at radius 3 is 2.64 bits per heavy atom. The fourth-order valence-corrected chi connectivity index (χ4v) is 2.77. The molecule has 0 radical (unpaired) electrons. The van der Waals surface area contributed by atoms with Crippen molar-refractivity contribution in [3.63, 3.8) is 0 Å². The van der Waals surface area contributed by atoms with Gasteiger partial charge in [-0.25, -0.2) is 0 Å². The summed E-state index contributed by atoms with van der Waals surface area (Å²) in [5.74, 6) is 1.04. The molecule has 1 aliphatic carbocycles. The Morgan fingerprint density at radius 2 is 2.14 bits per heavy atom. The van der Waals surface area contributed by atoms with E-state index in [0.29, 0.717) is 0 Å². The Balaban J connectivity index is 1.63. The molecule has 1 aliphatic heterocycles. The van der Waals surface area contributed by atoms with Crippen LogP contribution in [0.3, 0.4) is 0 Å². The van der Waals surface area contributed by atoms with Gasteiger partial charge in [0.1, 0.15) is 0 Å². The zero-order valence-corrected chi connectivity index (χ0v) is 9.63. The molecule has 2 atom stereocenters. The largest absolute Gasteiger partial charge is 0.310 e. The minimum atomic E-state index is 0.733. The third-order valence-corrected chi connectivity index (χ3v) is 3.82. The average molecular weight is 196 g/mol. The molecule has 2 rings (SSSR count). The van der Waals surface area contributed by atoms with Crippen molar-refractivity contribution in [3.05, 3.63) is 0 Å². The van der Waals surface area contributed by atoms with Crippen molar-refractivity contribution in [1.82, 2.24) is 10.2 Å². The quantitative estimate of drug-likeness (QED) is 0.738. The van der Waals surface area contributed by atoms with Crippen LogP contribution in [0.15, 0.2) is 0 Å². The number of hydrogen-bond acceptors (Lipinski definition) is 2. The number of nitrogens with zero attached hydrogens (tertiary/aromatic N) is 1. The SMILES string of the molecule is CC(CC1CCC1)NC1CCN(C)C1. The normalized spacial score (nSPS) is 31.7. The van der Waals surface area contributed by atoms with Crippen molar-refractivity contribution >= 4 is 0 Å². The summed E-state index contributed by atoms with van der Waals surface area (Å²) in [6.45, 7) is 4.87. The topological polar surface area (TPSA) is 15.3 Å². The second-order valence-corrected chi connectivity index (χ2v) is 5.35. The lowest BCUT2D eigenvalue weighted by molar-refractivity contribution is 0.257. The van der Waals surface area contributed by atoms with E-state index in [-0.39, 0.29) is 0 Å². The molecule has 1 saturated heterocycles. The van der Waals surface area contributed by atoms with Crippen molar-refractivity contribution in [3.8, 4) is 0 Å². The maximum atomic E-state index is 3.77. The minimum absolute atomic E-state index is 0.733. The van der Waals surface area contributed by atoms with Crippen LogP contribution in [-0.4, -0.2) is 37.1 Å². The summed E-state index contributed by atoms with van der Waals surface area (Å²) in [6, 6.07) is 1.49. The number of hydrogen-bond donors (Lipinski definition) is 1. The van der Waals surface area contributed by atoms with Crippen molar-refractivity contribution in [2.45, 2.75) is 51.1 Å². The van der Waals surface area contributed by atoms with Crippen LogP contribution in [0.25, 0.3) is 0 Å². The lowest BCUT2D eigenvalue weighted by Gasteiger charge is -2.29. The number of likely N-dealkylation sites (tertiary alicyclic amines) is 1.